The Balaban J connectivity index is 2.41. The van der Waals surface area contributed by atoms with Crippen LogP contribution in [0.25, 0.3) is 0 Å². The first kappa shape index (κ1) is 9.75. The van der Waals surface area contributed by atoms with E-state index in [1.54, 1.807) is 0 Å². The van der Waals surface area contributed by atoms with Gasteiger partial charge in [-0.15, -0.1) is 0 Å². The van der Waals surface area contributed by atoms with E-state index in [-0.39, 0.29) is 0 Å². The number of hydrogen-bond donors (Lipinski definition) is 0. The van der Waals surface area contributed by atoms with E-state index in [1.807, 2.05) is 0 Å². The molecule has 1 atom stereocenters. The smallest absolute Gasteiger partial charge is 0.0658 e. The zero-order valence-corrected chi connectivity index (χ0v) is 8.12. The van der Waals surface area contributed by atoms with Crippen LogP contribution >= 0.6 is 0 Å². The summed E-state index contributed by atoms with van der Waals surface area (Å²) in [6, 6.07) is 0.517. The van der Waals surface area contributed by atoms with Gasteiger partial charge in [-0.05, 0) is 13.0 Å². The van der Waals surface area contributed by atoms with Gasteiger partial charge in [-0.3, -0.25) is 4.90 Å². The summed E-state index contributed by atoms with van der Waals surface area (Å²) >= 11 is 0. The second kappa shape index (κ2) is 5.33. The fraction of sp³-hybridized carbons (Fsp3) is 0.800. The number of ether oxygens (including phenoxy) is 1. The number of likely N-dealkylation sites (N-methyl/N-ethyl adjacent to an activating group) is 1. The molecule has 1 saturated heterocycles. The zero-order valence-electron chi connectivity index (χ0n) is 8.12. The Morgan fingerprint density at radius 1 is 1.50 bits per heavy atom. The third-order valence-corrected chi connectivity index (χ3v) is 2.28. The lowest BCUT2D eigenvalue weighted by atomic mass is 10.2. The van der Waals surface area contributed by atoms with E-state index >= 15 is 0 Å². The van der Waals surface area contributed by atoms with Crippen LogP contribution in [0.5, 0.6) is 0 Å². The van der Waals surface area contributed by atoms with Crippen LogP contribution in [0.15, 0.2) is 12.2 Å². The van der Waals surface area contributed by atoms with Crippen LogP contribution in [-0.2, 0) is 4.74 Å². The molecule has 1 aliphatic heterocycles. The van der Waals surface area contributed by atoms with E-state index < -0.39 is 0 Å². The molecule has 0 saturated carbocycles. The number of rotatable bonds is 3. The zero-order chi connectivity index (χ0) is 8.81. The van der Waals surface area contributed by atoms with Gasteiger partial charge in [0.15, 0.2) is 0 Å². The van der Waals surface area contributed by atoms with Crippen molar-refractivity contribution in [1.29, 1.82) is 0 Å². The molecule has 0 bridgehead atoms. The van der Waals surface area contributed by atoms with E-state index in [1.165, 1.54) is 0 Å². The lowest BCUT2D eigenvalue weighted by Crippen LogP contribution is -2.43. The first-order valence-corrected chi connectivity index (χ1v) is 4.87. The maximum atomic E-state index is 5.42. The van der Waals surface area contributed by atoms with Gasteiger partial charge in [-0.2, -0.15) is 0 Å². The molecule has 2 nitrogen and oxygen atoms in total. The highest BCUT2D eigenvalue weighted by Gasteiger charge is 2.17. The van der Waals surface area contributed by atoms with Crippen molar-refractivity contribution < 1.29 is 4.74 Å². The normalized spacial score (nSPS) is 26.7. The van der Waals surface area contributed by atoms with E-state index in [4.69, 9.17) is 4.74 Å². The van der Waals surface area contributed by atoms with E-state index in [9.17, 15) is 0 Å². The van der Waals surface area contributed by atoms with Gasteiger partial charge in [-0.1, -0.05) is 26.0 Å². The molecule has 0 aromatic carbocycles. The predicted molar refractivity (Wildman–Crippen MR) is 51.3 cm³/mol. The molecule has 0 aliphatic carbocycles. The molecule has 0 aromatic heterocycles. The van der Waals surface area contributed by atoms with Crippen LogP contribution in [0.2, 0.25) is 0 Å². The van der Waals surface area contributed by atoms with Gasteiger partial charge in [0.2, 0.25) is 0 Å². The second-order valence-corrected chi connectivity index (χ2v) is 3.11. The van der Waals surface area contributed by atoms with Crippen molar-refractivity contribution in [2.45, 2.75) is 26.3 Å². The summed E-state index contributed by atoms with van der Waals surface area (Å²) in [4.78, 5) is 2.45. The van der Waals surface area contributed by atoms with Crippen molar-refractivity contribution in [3.8, 4) is 0 Å². The summed E-state index contributed by atoms with van der Waals surface area (Å²) in [5, 5.41) is 0. The highest BCUT2D eigenvalue weighted by atomic mass is 16.5. The molecular weight excluding hydrogens is 150 g/mol. The molecule has 2 heteroatoms. The lowest BCUT2D eigenvalue weighted by Gasteiger charge is -2.32. The minimum absolute atomic E-state index is 0.517. The molecule has 0 N–H and O–H groups in total. The van der Waals surface area contributed by atoms with Crippen LogP contribution in [0, 0.1) is 0 Å². The quantitative estimate of drug-likeness (QED) is 0.596. The summed E-state index contributed by atoms with van der Waals surface area (Å²) in [6.45, 7) is 8.33. The SMILES string of the molecule is CC/C=C\C1COCCN1CC. The molecule has 70 valence electrons. The third kappa shape index (κ3) is 2.61. The molecule has 0 amide bonds. The lowest BCUT2D eigenvalue weighted by molar-refractivity contribution is 0.0128. The van der Waals surface area contributed by atoms with Crippen LogP contribution in [-0.4, -0.2) is 37.2 Å². The van der Waals surface area contributed by atoms with Crippen molar-refractivity contribution in [1.82, 2.24) is 4.90 Å². The average Bonchev–Trinajstić information content (AvgIpc) is 2.15. The number of morpholine rings is 1. The molecule has 1 unspecified atom stereocenters. The Kier molecular flexibility index (Phi) is 4.33. The number of hydrogen-bond acceptors (Lipinski definition) is 2. The molecular formula is C10H19NO. The summed E-state index contributed by atoms with van der Waals surface area (Å²) in [7, 11) is 0. The Hall–Kier alpha value is -0.340. The van der Waals surface area contributed by atoms with Crippen LogP contribution in [0.3, 0.4) is 0 Å². The standard InChI is InChI=1S/C10H19NO/c1-3-5-6-10-9-12-8-7-11(10)4-2/h5-6,10H,3-4,7-9H2,1-2H3/b6-5-. The second-order valence-electron chi connectivity index (χ2n) is 3.11. The first-order valence-electron chi connectivity index (χ1n) is 4.87. The minimum Gasteiger partial charge on any atom is -0.378 e. The first-order chi connectivity index (χ1) is 5.88. The van der Waals surface area contributed by atoms with Crippen molar-refractivity contribution in [3.05, 3.63) is 12.2 Å². The highest BCUT2D eigenvalue weighted by molar-refractivity contribution is 4.95. The molecule has 1 rings (SSSR count). The fourth-order valence-electron chi connectivity index (χ4n) is 1.52. The van der Waals surface area contributed by atoms with Crippen LogP contribution in [0.1, 0.15) is 20.3 Å². The highest BCUT2D eigenvalue weighted by Crippen LogP contribution is 2.07. The predicted octanol–water partition coefficient (Wildman–Crippen LogP) is 1.67. The molecule has 0 spiro atoms. The largest absolute Gasteiger partial charge is 0.378 e. The Morgan fingerprint density at radius 3 is 3.00 bits per heavy atom. The van der Waals surface area contributed by atoms with Gasteiger partial charge in [0.05, 0.1) is 19.3 Å². The topological polar surface area (TPSA) is 12.5 Å². The average molecular weight is 169 g/mol. The van der Waals surface area contributed by atoms with Gasteiger partial charge < -0.3 is 4.74 Å². The Labute approximate surface area is 75.2 Å². The summed E-state index contributed by atoms with van der Waals surface area (Å²) in [5.41, 5.74) is 0. The van der Waals surface area contributed by atoms with E-state index in [2.05, 4.69) is 30.9 Å². The molecule has 1 fully saturated rings. The third-order valence-electron chi connectivity index (χ3n) is 2.28. The summed E-state index contributed by atoms with van der Waals surface area (Å²) in [6.07, 6.45) is 5.61. The van der Waals surface area contributed by atoms with Crippen LogP contribution < -0.4 is 0 Å². The summed E-state index contributed by atoms with van der Waals surface area (Å²) < 4.78 is 5.42. The fourth-order valence-corrected chi connectivity index (χ4v) is 1.52. The van der Waals surface area contributed by atoms with Gasteiger partial charge in [0.1, 0.15) is 0 Å². The van der Waals surface area contributed by atoms with Crippen molar-refractivity contribution >= 4 is 0 Å². The Bertz CT molecular complexity index is 145. The van der Waals surface area contributed by atoms with Gasteiger partial charge >= 0.3 is 0 Å². The Morgan fingerprint density at radius 2 is 2.33 bits per heavy atom. The van der Waals surface area contributed by atoms with Crippen molar-refractivity contribution in [2.75, 3.05) is 26.3 Å². The molecule has 0 aromatic rings. The van der Waals surface area contributed by atoms with E-state index in [0.29, 0.717) is 6.04 Å². The molecule has 1 heterocycles. The van der Waals surface area contributed by atoms with Crippen molar-refractivity contribution in [3.63, 3.8) is 0 Å². The van der Waals surface area contributed by atoms with E-state index in [0.717, 1.165) is 32.7 Å². The number of allylic oxidation sites excluding steroid dienone is 1. The molecule has 12 heavy (non-hydrogen) atoms. The maximum Gasteiger partial charge on any atom is 0.0658 e. The van der Waals surface area contributed by atoms with Crippen molar-refractivity contribution in [2.24, 2.45) is 0 Å². The van der Waals surface area contributed by atoms with Gasteiger partial charge in [-0.25, -0.2) is 0 Å². The van der Waals surface area contributed by atoms with Crippen LogP contribution in [0.4, 0.5) is 0 Å². The maximum absolute atomic E-state index is 5.42. The van der Waals surface area contributed by atoms with Gasteiger partial charge in [0.25, 0.3) is 0 Å². The minimum atomic E-state index is 0.517. The summed E-state index contributed by atoms with van der Waals surface area (Å²) in [5.74, 6) is 0. The molecule has 1 aliphatic rings. The monoisotopic (exact) mass is 169 g/mol. The molecule has 0 radical (unpaired) electrons. The van der Waals surface area contributed by atoms with Gasteiger partial charge in [0, 0.05) is 6.54 Å². The number of nitrogens with zero attached hydrogens (tertiary/aromatic N) is 1.